The van der Waals surface area contributed by atoms with Crippen molar-refractivity contribution in [2.75, 3.05) is 24.5 Å². The SMILES string of the molecule is NC(=S)c1cnc(N2CCNC(=O)CC2)cn1. The van der Waals surface area contributed by atoms with Crippen molar-refractivity contribution in [1.82, 2.24) is 15.3 Å². The minimum absolute atomic E-state index is 0.0696. The van der Waals surface area contributed by atoms with Gasteiger partial charge < -0.3 is 16.0 Å². The van der Waals surface area contributed by atoms with Gasteiger partial charge >= 0.3 is 0 Å². The first-order chi connectivity index (χ1) is 8.16. The Bertz CT molecular complexity index is 433. The number of carbonyl (C=O) groups is 1. The summed E-state index contributed by atoms with van der Waals surface area (Å²) in [5.41, 5.74) is 5.95. The molecule has 1 aromatic heterocycles. The van der Waals surface area contributed by atoms with Crippen LogP contribution in [0.5, 0.6) is 0 Å². The molecule has 2 heterocycles. The van der Waals surface area contributed by atoms with Crippen LogP contribution in [0.3, 0.4) is 0 Å². The second-order valence-corrected chi connectivity index (χ2v) is 4.15. The van der Waals surface area contributed by atoms with E-state index in [1.165, 1.54) is 0 Å². The Hall–Kier alpha value is -1.76. The molecule has 1 aliphatic heterocycles. The Morgan fingerprint density at radius 3 is 2.88 bits per heavy atom. The normalized spacial score (nSPS) is 16.2. The molecule has 0 bridgehead atoms. The van der Waals surface area contributed by atoms with Crippen LogP contribution in [0.2, 0.25) is 0 Å². The lowest BCUT2D eigenvalue weighted by molar-refractivity contribution is -0.120. The molecule has 17 heavy (non-hydrogen) atoms. The third-order valence-corrected chi connectivity index (χ3v) is 2.74. The third kappa shape index (κ3) is 2.88. The van der Waals surface area contributed by atoms with E-state index in [1.807, 2.05) is 4.90 Å². The van der Waals surface area contributed by atoms with E-state index in [-0.39, 0.29) is 10.9 Å². The first-order valence-electron chi connectivity index (χ1n) is 5.30. The van der Waals surface area contributed by atoms with Crippen LogP contribution in [0.25, 0.3) is 0 Å². The van der Waals surface area contributed by atoms with Gasteiger partial charge in [-0.3, -0.25) is 4.79 Å². The third-order valence-electron chi connectivity index (χ3n) is 2.53. The summed E-state index contributed by atoms with van der Waals surface area (Å²) < 4.78 is 0. The van der Waals surface area contributed by atoms with Crippen molar-refractivity contribution >= 4 is 28.9 Å². The van der Waals surface area contributed by atoms with Crippen molar-refractivity contribution in [1.29, 1.82) is 0 Å². The van der Waals surface area contributed by atoms with Gasteiger partial charge in [0.2, 0.25) is 5.91 Å². The second-order valence-electron chi connectivity index (χ2n) is 3.71. The monoisotopic (exact) mass is 251 g/mol. The van der Waals surface area contributed by atoms with Crippen molar-refractivity contribution in [3.05, 3.63) is 18.1 Å². The standard InChI is InChI=1S/C10H13N5OS/c11-10(17)7-5-14-8(6-13-7)15-3-1-9(16)12-2-4-15/h5-6H,1-4H2,(H2,11,17)(H,12,16). The molecule has 7 heteroatoms. The highest BCUT2D eigenvalue weighted by Crippen LogP contribution is 2.10. The number of hydrogen-bond donors (Lipinski definition) is 2. The van der Waals surface area contributed by atoms with E-state index in [4.69, 9.17) is 18.0 Å². The zero-order valence-electron chi connectivity index (χ0n) is 9.22. The summed E-state index contributed by atoms with van der Waals surface area (Å²) in [6.07, 6.45) is 3.65. The van der Waals surface area contributed by atoms with E-state index in [0.29, 0.717) is 25.2 Å². The lowest BCUT2D eigenvalue weighted by Crippen LogP contribution is -2.29. The highest BCUT2D eigenvalue weighted by Gasteiger charge is 2.15. The number of hydrogen-bond acceptors (Lipinski definition) is 5. The summed E-state index contributed by atoms with van der Waals surface area (Å²) in [6.45, 7) is 2.00. The van der Waals surface area contributed by atoms with E-state index in [1.54, 1.807) is 12.4 Å². The minimum atomic E-state index is 0.0696. The largest absolute Gasteiger partial charge is 0.388 e. The molecule has 1 aliphatic rings. The van der Waals surface area contributed by atoms with Gasteiger partial charge in [0.05, 0.1) is 12.4 Å². The van der Waals surface area contributed by atoms with Crippen molar-refractivity contribution < 1.29 is 4.79 Å². The lowest BCUT2D eigenvalue weighted by Gasteiger charge is -2.19. The Labute approximate surface area is 104 Å². The van der Waals surface area contributed by atoms with Gasteiger partial charge in [0.15, 0.2) is 0 Å². The van der Waals surface area contributed by atoms with E-state index < -0.39 is 0 Å². The van der Waals surface area contributed by atoms with Gasteiger partial charge in [-0.2, -0.15) is 0 Å². The fourth-order valence-electron chi connectivity index (χ4n) is 1.61. The summed E-state index contributed by atoms with van der Waals surface area (Å²) >= 11 is 4.81. The van der Waals surface area contributed by atoms with Crippen molar-refractivity contribution in [2.24, 2.45) is 5.73 Å². The molecule has 3 N–H and O–H groups in total. The van der Waals surface area contributed by atoms with Gasteiger partial charge in [0.1, 0.15) is 16.5 Å². The quantitative estimate of drug-likeness (QED) is 0.685. The molecular weight excluding hydrogens is 238 g/mol. The maximum Gasteiger partial charge on any atom is 0.221 e. The lowest BCUT2D eigenvalue weighted by atomic mass is 10.3. The maximum atomic E-state index is 11.2. The van der Waals surface area contributed by atoms with Gasteiger partial charge in [0.25, 0.3) is 0 Å². The predicted octanol–water partition coefficient (Wildman–Crippen LogP) is -0.563. The highest BCUT2D eigenvalue weighted by molar-refractivity contribution is 7.80. The molecule has 0 spiro atoms. The summed E-state index contributed by atoms with van der Waals surface area (Å²) in [5, 5.41) is 2.80. The van der Waals surface area contributed by atoms with E-state index in [9.17, 15) is 4.79 Å². The number of nitrogens with one attached hydrogen (secondary N) is 1. The number of anilines is 1. The fourth-order valence-corrected chi connectivity index (χ4v) is 1.71. The number of thiocarbonyl (C=S) groups is 1. The van der Waals surface area contributed by atoms with E-state index in [2.05, 4.69) is 15.3 Å². The second kappa shape index (κ2) is 5.05. The van der Waals surface area contributed by atoms with Crippen LogP contribution in [0, 0.1) is 0 Å². The Morgan fingerprint density at radius 1 is 1.41 bits per heavy atom. The molecule has 0 saturated carbocycles. The van der Waals surface area contributed by atoms with Gasteiger partial charge in [0, 0.05) is 26.1 Å². The Balaban J connectivity index is 2.11. The molecule has 1 aromatic rings. The summed E-state index contributed by atoms with van der Waals surface area (Å²) in [7, 11) is 0. The summed E-state index contributed by atoms with van der Waals surface area (Å²) in [5.74, 6) is 0.807. The van der Waals surface area contributed by atoms with Crippen LogP contribution in [0.1, 0.15) is 12.1 Å². The van der Waals surface area contributed by atoms with Crippen molar-refractivity contribution in [2.45, 2.75) is 6.42 Å². The molecule has 6 nitrogen and oxygen atoms in total. The topological polar surface area (TPSA) is 84.1 Å². The van der Waals surface area contributed by atoms with Crippen LogP contribution < -0.4 is 16.0 Å². The molecule has 0 unspecified atom stereocenters. The number of aromatic nitrogens is 2. The molecule has 0 aliphatic carbocycles. The molecule has 1 saturated heterocycles. The van der Waals surface area contributed by atoms with E-state index >= 15 is 0 Å². The molecule has 90 valence electrons. The average Bonchev–Trinajstić information content (AvgIpc) is 2.54. The molecule has 0 aromatic carbocycles. The Kier molecular flexibility index (Phi) is 3.48. The molecule has 1 fully saturated rings. The molecule has 0 atom stereocenters. The molecule has 2 rings (SSSR count). The van der Waals surface area contributed by atoms with Gasteiger partial charge in [-0.1, -0.05) is 12.2 Å². The summed E-state index contributed by atoms with van der Waals surface area (Å²) in [4.78, 5) is 21.8. The highest BCUT2D eigenvalue weighted by atomic mass is 32.1. The van der Waals surface area contributed by atoms with Gasteiger partial charge in [-0.15, -0.1) is 0 Å². The number of nitrogens with two attached hydrogens (primary N) is 1. The van der Waals surface area contributed by atoms with Crippen LogP contribution in [-0.2, 0) is 4.79 Å². The van der Waals surface area contributed by atoms with Gasteiger partial charge in [-0.05, 0) is 0 Å². The smallest absolute Gasteiger partial charge is 0.221 e. The van der Waals surface area contributed by atoms with Crippen LogP contribution in [0.4, 0.5) is 5.82 Å². The zero-order chi connectivity index (χ0) is 12.3. The number of carbonyl (C=O) groups excluding carboxylic acids is 1. The number of amides is 1. The van der Waals surface area contributed by atoms with Crippen LogP contribution in [-0.4, -0.2) is 40.5 Å². The molecule has 0 radical (unpaired) electrons. The fraction of sp³-hybridized carbons (Fsp3) is 0.400. The predicted molar refractivity (Wildman–Crippen MR) is 67.8 cm³/mol. The van der Waals surface area contributed by atoms with Crippen molar-refractivity contribution in [3.8, 4) is 0 Å². The van der Waals surface area contributed by atoms with E-state index in [0.717, 1.165) is 12.4 Å². The number of rotatable bonds is 2. The molecular formula is C10H13N5OS. The first kappa shape index (κ1) is 11.7. The van der Waals surface area contributed by atoms with Gasteiger partial charge in [-0.25, -0.2) is 9.97 Å². The van der Waals surface area contributed by atoms with Crippen LogP contribution in [0.15, 0.2) is 12.4 Å². The first-order valence-corrected chi connectivity index (χ1v) is 5.71. The molecule has 1 amide bonds. The average molecular weight is 251 g/mol. The summed E-state index contributed by atoms with van der Waals surface area (Å²) in [6, 6.07) is 0. The van der Waals surface area contributed by atoms with Crippen molar-refractivity contribution in [3.63, 3.8) is 0 Å². The zero-order valence-corrected chi connectivity index (χ0v) is 10.0. The number of nitrogens with zero attached hydrogens (tertiary/aromatic N) is 3. The van der Waals surface area contributed by atoms with Crippen LogP contribution >= 0.6 is 12.2 Å². The Morgan fingerprint density at radius 2 is 2.24 bits per heavy atom. The maximum absolute atomic E-state index is 11.2. The minimum Gasteiger partial charge on any atom is -0.388 e.